The van der Waals surface area contributed by atoms with Gasteiger partial charge in [-0.25, -0.2) is 0 Å². The summed E-state index contributed by atoms with van der Waals surface area (Å²) in [6.07, 6.45) is 8.58. The van der Waals surface area contributed by atoms with Gasteiger partial charge in [0.15, 0.2) is 0 Å². The van der Waals surface area contributed by atoms with Crippen molar-refractivity contribution < 1.29 is 0 Å². The van der Waals surface area contributed by atoms with E-state index in [1.807, 2.05) is 0 Å². The Morgan fingerprint density at radius 3 is 2.53 bits per heavy atom. The van der Waals surface area contributed by atoms with Gasteiger partial charge < -0.3 is 9.88 Å². The molecule has 1 saturated heterocycles. The van der Waals surface area contributed by atoms with Crippen molar-refractivity contribution in [2.75, 3.05) is 18.0 Å². The van der Waals surface area contributed by atoms with Gasteiger partial charge in [0, 0.05) is 30.0 Å². The standard InChI is InChI=1S/C31H34N2O/c1-22-21-31(28-14-8-7-13-26(28)27(22)19-23-9-3-2-4-10-23)15-17-33(18-16-31)29-20-24-11-5-6-12-25(24)30(34)32-29/h2-4,7-10,13-14,20,27H,1,5-6,11-12,15-19,21H2,(H,32,34). The van der Waals surface area contributed by atoms with Gasteiger partial charge in [0.25, 0.3) is 5.56 Å². The van der Waals surface area contributed by atoms with Crippen molar-refractivity contribution in [3.05, 3.63) is 111 Å². The summed E-state index contributed by atoms with van der Waals surface area (Å²) in [5, 5.41) is 0. The number of nitrogens with one attached hydrogen (secondary N) is 1. The van der Waals surface area contributed by atoms with E-state index < -0.39 is 0 Å². The molecular formula is C31H34N2O. The lowest BCUT2D eigenvalue weighted by Crippen LogP contribution is -2.46. The maximum atomic E-state index is 12.7. The number of aromatic amines is 1. The van der Waals surface area contributed by atoms with E-state index in [2.05, 4.69) is 77.1 Å². The molecule has 0 bridgehead atoms. The van der Waals surface area contributed by atoms with E-state index in [4.69, 9.17) is 0 Å². The summed E-state index contributed by atoms with van der Waals surface area (Å²) >= 11 is 0. The lowest BCUT2D eigenvalue weighted by molar-refractivity contribution is 0.306. The van der Waals surface area contributed by atoms with Gasteiger partial charge >= 0.3 is 0 Å². The smallest absolute Gasteiger partial charge is 0.252 e. The van der Waals surface area contributed by atoms with E-state index >= 15 is 0 Å². The van der Waals surface area contributed by atoms with Crippen molar-refractivity contribution in [3.8, 4) is 0 Å². The van der Waals surface area contributed by atoms with Crippen LogP contribution in [0.5, 0.6) is 0 Å². The van der Waals surface area contributed by atoms with E-state index in [9.17, 15) is 4.79 Å². The Hall–Kier alpha value is -3.07. The summed E-state index contributed by atoms with van der Waals surface area (Å²) in [6, 6.07) is 22.2. The second-order valence-corrected chi connectivity index (χ2v) is 10.6. The van der Waals surface area contributed by atoms with Crippen LogP contribution >= 0.6 is 0 Å². The van der Waals surface area contributed by atoms with Crippen molar-refractivity contribution in [3.63, 3.8) is 0 Å². The minimum absolute atomic E-state index is 0.132. The number of anilines is 1. The number of nitrogens with zero attached hydrogens (tertiary/aromatic N) is 1. The van der Waals surface area contributed by atoms with Gasteiger partial charge in [-0.15, -0.1) is 0 Å². The molecule has 1 spiro atoms. The zero-order chi connectivity index (χ0) is 23.1. The highest BCUT2D eigenvalue weighted by molar-refractivity contribution is 5.50. The number of H-pyrrole nitrogens is 1. The molecule has 2 aromatic carbocycles. The number of aromatic nitrogens is 1. The molecule has 0 saturated carbocycles. The fraction of sp³-hybridized carbons (Fsp3) is 0.387. The molecule has 3 aliphatic rings. The SMILES string of the molecule is C=C1CC2(CCN(c3cc4c(c(=O)[nH]3)CCCC4)CC2)c2ccccc2C1Cc1ccccc1. The van der Waals surface area contributed by atoms with Gasteiger partial charge in [0.1, 0.15) is 5.82 Å². The third-order valence-electron chi connectivity index (χ3n) is 8.65. The normalized spacial score (nSPS) is 21.2. The highest BCUT2D eigenvalue weighted by atomic mass is 16.1. The van der Waals surface area contributed by atoms with Crippen LogP contribution in [0, 0.1) is 0 Å². The van der Waals surface area contributed by atoms with E-state index in [-0.39, 0.29) is 11.0 Å². The Bertz CT molecular complexity index is 1260. The molecule has 2 heterocycles. The molecule has 1 N–H and O–H groups in total. The number of rotatable bonds is 3. The number of fused-ring (bicyclic) bond motifs is 3. The second-order valence-electron chi connectivity index (χ2n) is 10.6. The lowest BCUT2D eigenvalue weighted by atomic mass is 9.60. The predicted molar refractivity (Wildman–Crippen MR) is 140 cm³/mol. The molecule has 1 aromatic heterocycles. The van der Waals surface area contributed by atoms with Crippen molar-refractivity contribution in [1.82, 2.24) is 4.98 Å². The molecule has 1 fully saturated rings. The maximum Gasteiger partial charge on any atom is 0.252 e. The molecule has 0 amide bonds. The largest absolute Gasteiger partial charge is 0.358 e. The Morgan fingerprint density at radius 2 is 1.71 bits per heavy atom. The average molecular weight is 451 g/mol. The first-order chi connectivity index (χ1) is 16.6. The molecule has 0 radical (unpaired) electrons. The maximum absolute atomic E-state index is 12.7. The zero-order valence-electron chi connectivity index (χ0n) is 20.0. The Morgan fingerprint density at radius 1 is 0.971 bits per heavy atom. The number of benzene rings is 2. The molecule has 6 rings (SSSR count). The quantitative estimate of drug-likeness (QED) is 0.491. The summed E-state index contributed by atoms with van der Waals surface area (Å²) in [6.45, 7) is 6.56. The third-order valence-corrected chi connectivity index (χ3v) is 8.65. The summed E-state index contributed by atoms with van der Waals surface area (Å²) in [5.41, 5.74) is 8.33. The zero-order valence-corrected chi connectivity index (χ0v) is 20.0. The number of hydrogen-bond donors (Lipinski definition) is 1. The number of aryl methyl sites for hydroxylation is 1. The number of hydrogen-bond acceptors (Lipinski definition) is 2. The van der Waals surface area contributed by atoms with E-state index in [0.29, 0.717) is 5.92 Å². The number of piperidine rings is 1. The Balaban J connectivity index is 1.27. The molecule has 1 unspecified atom stereocenters. The van der Waals surface area contributed by atoms with Gasteiger partial charge in [0.05, 0.1) is 0 Å². The van der Waals surface area contributed by atoms with Crippen LogP contribution in [0.15, 0.2) is 77.6 Å². The van der Waals surface area contributed by atoms with Crippen LogP contribution in [-0.4, -0.2) is 18.1 Å². The van der Waals surface area contributed by atoms with Crippen molar-refractivity contribution in [2.24, 2.45) is 0 Å². The van der Waals surface area contributed by atoms with Crippen molar-refractivity contribution in [1.29, 1.82) is 0 Å². The van der Waals surface area contributed by atoms with Crippen LogP contribution in [0.2, 0.25) is 0 Å². The van der Waals surface area contributed by atoms with E-state index in [1.165, 1.54) is 34.2 Å². The van der Waals surface area contributed by atoms with E-state index in [0.717, 1.165) is 69.4 Å². The number of pyridine rings is 1. The molecule has 1 atom stereocenters. The number of allylic oxidation sites excluding steroid dienone is 1. The fourth-order valence-corrected chi connectivity index (χ4v) is 6.79. The monoisotopic (exact) mass is 450 g/mol. The summed E-state index contributed by atoms with van der Waals surface area (Å²) < 4.78 is 0. The molecule has 3 aromatic rings. The van der Waals surface area contributed by atoms with Crippen molar-refractivity contribution in [2.45, 2.75) is 62.7 Å². The molecular weight excluding hydrogens is 416 g/mol. The Kier molecular flexibility index (Phi) is 5.44. The van der Waals surface area contributed by atoms with Gasteiger partial charge in [-0.3, -0.25) is 4.79 Å². The fourth-order valence-electron chi connectivity index (χ4n) is 6.79. The summed E-state index contributed by atoms with van der Waals surface area (Å²) in [5.74, 6) is 1.41. The minimum atomic E-state index is 0.132. The van der Waals surface area contributed by atoms with Crippen LogP contribution in [-0.2, 0) is 24.7 Å². The van der Waals surface area contributed by atoms with Crippen LogP contribution in [0.1, 0.15) is 65.8 Å². The first kappa shape index (κ1) is 21.5. The van der Waals surface area contributed by atoms with Crippen molar-refractivity contribution >= 4 is 5.82 Å². The molecule has 3 heteroatoms. The summed E-state index contributed by atoms with van der Waals surface area (Å²) in [4.78, 5) is 18.3. The van der Waals surface area contributed by atoms with Crippen LogP contribution in [0.3, 0.4) is 0 Å². The van der Waals surface area contributed by atoms with Crippen LogP contribution < -0.4 is 10.5 Å². The topological polar surface area (TPSA) is 36.1 Å². The highest BCUT2D eigenvalue weighted by Gasteiger charge is 2.43. The first-order valence-corrected chi connectivity index (χ1v) is 12.9. The van der Waals surface area contributed by atoms with Gasteiger partial charge in [0.2, 0.25) is 0 Å². The van der Waals surface area contributed by atoms with Gasteiger partial charge in [-0.1, -0.05) is 66.7 Å². The highest BCUT2D eigenvalue weighted by Crippen LogP contribution is 2.51. The predicted octanol–water partition coefficient (Wildman–Crippen LogP) is 6.08. The van der Waals surface area contributed by atoms with Gasteiger partial charge in [-0.2, -0.15) is 0 Å². The Labute approximate surface area is 202 Å². The second kappa shape index (κ2) is 8.61. The third kappa shape index (κ3) is 3.72. The summed E-state index contributed by atoms with van der Waals surface area (Å²) in [7, 11) is 0. The average Bonchev–Trinajstić information content (AvgIpc) is 2.88. The molecule has 2 aliphatic carbocycles. The molecule has 34 heavy (non-hydrogen) atoms. The molecule has 174 valence electrons. The molecule has 3 nitrogen and oxygen atoms in total. The van der Waals surface area contributed by atoms with Crippen LogP contribution in [0.4, 0.5) is 5.82 Å². The van der Waals surface area contributed by atoms with Crippen LogP contribution in [0.25, 0.3) is 0 Å². The molecule has 1 aliphatic heterocycles. The first-order valence-electron chi connectivity index (χ1n) is 12.9. The van der Waals surface area contributed by atoms with Gasteiger partial charge in [-0.05, 0) is 79.7 Å². The van der Waals surface area contributed by atoms with E-state index in [1.54, 1.807) is 0 Å². The lowest BCUT2D eigenvalue weighted by Gasteiger charge is -2.48. The minimum Gasteiger partial charge on any atom is -0.358 e.